The molecule has 0 saturated heterocycles. The minimum Gasteiger partial charge on any atom is -0.306 e. The van der Waals surface area contributed by atoms with E-state index in [2.05, 4.69) is 20.5 Å². The van der Waals surface area contributed by atoms with Gasteiger partial charge in [0, 0.05) is 12.3 Å². The summed E-state index contributed by atoms with van der Waals surface area (Å²) in [6.07, 6.45) is -2.30. The molecule has 31 heavy (non-hydrogen) atoms. The largest absolute Gasteiger partial charge is 0.417 e. The normalized spacial score (nSPS) is 11.5. The molecule has 0 radical (unpaired) electrons. The highest BCUT2D eigenvalue weighted by Crippen LogP contribution is 2.29. The molecule has 0 fully saturated rings. The van der Waals surface area contributed by atoms with Gasteiger partial charge in [0.2, 0.25) is 0 Å². The average molecular weight is 426 g/mol. The van der Waals surface area contributed by atoms with Gasteiger partial charge in [-0.05, 0) is 38.1 Å². The molecule has 0 aliphatic carbocycles. The van der Waals surface area contributed by atoms with Crippen LogP contribution in [-0.2, 0) is 6.18 Å². The van der Waals surface area contributed by atoms with Crippen LogP contribution in [0.4, 0.5) is 19.0 Å². The fraction of sp³-hybridized carbons (Fsp3) is 0.143. The molecule has 4 aromatic rings. The van der Waals surface area contributed by atoms with Crippen molar-refractivity contribution in [2.45, 2.75) is 20.0 Å². The van der Waals surface area contributed by atoms with Crippen molar-refractivity contribution >= 4 is 11.7 Å². The van der Waals surface area contributed by atoms with Crippen LogP contribution in [0, 0.1) is 13.8 Å². The number of nitrogens with zero attached hydrogens (tertiary/aromatic N) is 5. The molecular weight excluding hydrogens is 409 g/mol. The summed E-state index contributed by atoms with van der Waals surface area (Å²) in [5.41, 5.74) is 1.51. The second kappa shape index (κ2) is 7.71. The topological polar surface area (TPSA) is 77.6 Å². The Labute approximate surface area is 175 Å². The summed E-state index contributed by atoms with van der Waals surface area (Å²) >= 11 is 0. The maximum Gasteiger partial charge on any atom is 0.417 e. The number of halogens is 3. The lowest BCUT2D eigenvalue weighted by Gasteiger charge is -2.10. The van der Waals surface area contributed by atoms with Gasteiger partial charge in [-0.15, -0.1) is 0 Å². The van der Waals surface area contributed by atoms with E-state index in [0.717, 1.165) is 18.0 Å². The van der Waals surface area contributed by atoms with E-state index in [-0.39, 0.29) is 11.6 Å². The number of amides is 1. The Morgan fingerprint density at radius 2 is 1.74 bits per heavy atom. The Balaban J connectivity index is 1.61. The number of hydrogen-bond donors (Lipinski definition) is 1. The molecule has 10 heteroatoms. The number of alkyl halides is 3. The Hall–Kier alpha value is -3.95. The van der Waals surface area contributed by atoms with Crippen molar-refractivity contribution < 1.29 is 18.0 Å². The minimum atomic E-state index is -4.49. The van der Waals surface area contributed by atoms with Gasteiger partial charge in [-0.25, -0.2) is 9.67 Å². The van der Waals surface area contributed by atoms with Crippen LogP contribution >= 0.6 is 0 Å². The zero-order valence-corrected chi connectivity index (χ0v) is 16.6. The molecule has 3 heterocycles. The lowest BCUT2D eigenvalue weighted by atomic mass is 10.2. The number of anilines is 1. The van der Waals surface area contributed by atoms with Gasteiger partial charge in [-0.2, -0.15) is 28.1 Å². The SMILES string of the molecule is Cc1cc(NC(=O)c2cnn(-c3ccccc3)c2C)n(-c2ccc(C(F)(F)F)cn2)n1. The van der Waals surface area contributed by atoms with E-state index in [4.69, 9.17) is 0 Å². The third-order valence-corrected chi connectivity index (χ3v) is 4.62. The lowest BCUT2D eigenvalue weighted by Crippen LogP contribution is -2.16. The number of rotatable bonds is 4. The van der Waals surface area contributed by atoms with Crippen LogP contribution in [0.3, 0.4) is 0 Å². The van der Waals surface area contributed by atoms with Crippen LogP contribution < -0.4 is 5.32 Å². The molecular formula is C21H17F3N6O. The summed E-state index contributed by atoms with van der Waals surface area (Å²) in [7, 11) is 0. The molecule has 158 valence electrons. The predicted molar refractivity (Wildman–Crippen MR) is 107 cm³/mol. The molecule has 0 saturated carbocycles. The highest BCUT2D eigenvalue weighted by molar-refractivity contribution is 6.04. The molecule has 4 rings (SSSR count). The third kappa shape index (κ3) is 4.04. The Kier molecular flexibility index (Phi) is 5.05. The number of nitrogens with one attached hydrogen (secondary N) is 1. The number of pyridine rings is 1. The van der Waals surface area contributed by atoms with Crippen molar-refractivity contribution in [1.29, 1.82) is 0 Å². The highest BCUT2D eigenvalue weighted by atomic mass is 19.4. The van der Waals surface area contributed by atoms with Crippen LogP contribution in [0.15, 0.2) is 60.9 Å². The van der Waals surface area contributed by atoms with E-state index < -0.39 is 17.6 Å². The molecule has 0 bridgehead atoms. The van der Waals surface area contributed by atoms with E-state index in [1.54, 1.807) is 24.6 Å². The monoisotopic (exact) mass is 426 g/mol. The third-order valence-electron chi connectivity index (χ3n) is 4.62. The van der Waals surface area contributed by atoms with Gasteiger partial charge in [-0.3, -0.25) is 4.79 Å². The maximum absolute atomic E-state index is 12.9. The first-order valence-corrected chi connectivity index (χ1v) is 9.26. The summed E-state index contributed by atoms with van der Waals surface area (Å²) in [5, 5.41) is 11.3. The van der Waals surface area contributed by atoms with E-state index in [1.807, 2.05) is 30.3 Å². The number of aryl methyl sites for hydroxylation is 1. The first-order valence-electron chi connectivity index (χ1n) is 9.26. The summed E-state index contributed by atoms with van der Waals surface area (Å²) in [6.45, 7) is 3.48. The van der Waals surface area contributed by atoms with Gasteiger partial charge < -0.3 is 5.32 Å². The van der Waals surface area contributed by atoms with Gasteiger partial charge in [0.1, 0.15) is 5.82 Å². The quantitative estimate of drug-likeness (QED) is 0.527. The molecule has 0 aliphatic heterocycles. The number of carbonyl (C=O) groups excluding carboxylic acids is 1. The number of benzene rings is 1. The van der Waals surface area contributed by atoms with Crippen molar-refractivity contribution in [2.75, 3.05) is 5.32 Å². The molecule has 3 aromatic heterocycles. The summed E-state index contributed by atoms with van der Waals surface area (Å²) in [4.78, 5) is 16.7. The van der Waals surface area contributed by atoms with Gasteiger partial charge in [0.25, 0.3) is 5.91 Å². The molecule has 0 atom stereocenters. The van der Waals surface area contributed by atoms with Crippen molar-refractivity contribution in [1.82, 2.24) is 24.5 Å². The molecule has 7 nitrogen and oxygen atoms in total. The van der Waals surface area contributed by atoms with Crippen LogP contribution in [0.2, 0.25) is 0 Å². The van der Waals surface area contributed by atoms with Crippen LogP contribution in [0.25, 0.3) is 11.5 Å². The van der Waals surface area contributed by atoms with E-state index in [1.165, 1.54) is 16.9 Å². The van der Waals surface area contributed by atoms with E-state index >= 15 is 0 Å². The highest BCUT2D eigenvalue weighted by Gasteiger charge is 2.31. The molecule has 1 amide bonds. The smallest absolute Gasteiger partial charge is 0.306 e. The number of aromatic nitrogens is 5. The first-order chi connectivity index (χ1) is 14.7. The Morgan fingerprint density at radius 1 is 1.00 bits per heavy atom. The van der Waals surface area contributed by atoms with Gasteiger partial charge >= 0.3 is 6.18 Å². The number of para-hydroxylation sites is 1. The molecule has 0 spiro atoms. The minimum absolute atomic E-state index is 0.146. The maximum atomic E-state index is 12.9. The van der Waals surface area contributed by atoms with Crippen LogP contribution in [0.1, 0.15) is 27.3 Å². The first kappa shape index (κ1) is 20.3. The Bertz CT molecular complexity index is 1230. The zero-order chi connectivity index (χ0) is 22.2. The molecule has 1 aromatic carbocycles. The molecule has 0 unspecified atom stereocenters. The fourth-order valence-electron chi connectivity index (χ4n) is 3.09. The molecule has 0 aliphatic rings. The number of carbonyl (C=O) groups is 1. The second-order valence-electron chi connectivity index (χ2n) is 6.83. The predicted octanol–water partition coefficient (Wildman–Crippen LogP) is 4.34. The van der Waals surface area contributed by atoms with Crippen LogP contribution in [0.5, 0.6) is 0 Å². The fourth-order valence-corrected chi connectivity index (χ4v) is 3.09. The number of hydrogen-bond acceptors (Lipinski definition) is 4. The Morgan fingerprint density at radius 3 is 2.39 bits per heavy atom. The zero-order valence-electron chi connectivity index (χ0n) is 16.6. The molecule has 1 N–H and O–H groups in total. The second-order valence-corrected chi connectivity index (χ2v) is 6.83. The van der Waals surface area contributed by atoms with Gasteiger partial charge in [0.15, 0.2) is 5.82 Å². The lowest BCUT2D eigenvalue weighted by molar-refractivity contribution is -0.137. The average Bonchev–Trinajstić information content (AvgIpc) is 3.30. The summed E-state index contributed by atoms with van der Waals surface area (Å²) in [6, 6.07) is 13.1. The summed E-state index contributed by atoms with van der Waals surface area (Å²) in [5.74, 6) is 0.00228. The van der Waals surface area contributed by atoms with E-state index in [9.17, 15) is 18.0 Å². The van der Waals surface area contributed by atoms with Crippen molar-refractivity contribution in [3.8, 4) is 11.5 Å². The summed E-state index contributed by atoms with van der Waals surface area (Å²) < 4.78 is 41.3. The van der Waals surface area contributed by atoms with Crippen molar-refractivity contribution in [3.05, 3.63) is 83.4 Å². The van der Waals surface area contributed by atoms with Crippen LogP contribution in [-0.4, -0.2) is 30.5 Å². The van der Waals surface area contributed by atoms with Gasteiger partial charge in [0.05, 0.1) is 34.4 Å². The van der Waals surface area contributed by atoms with Crippen molar-refractivity contribution in [2.24, 2.45) is 0 Å². The van der Waals surface area contributed by atoms with E-state index in [0.29, 0.717) is 17.0 Å². The standard InChI is InChI=1S/C21H17F3N6O/c1-13-10-19(30(28-13)18-9-8-15(11-25-18)21(22,23)24)27-20(31)17-12-26-29(14(17)2)16-6-4-3-5-7-16/h3-12H,1-2H3,(H,27,31). The van der Waals surface area contributed by atoms with Crippen molar-refractivity contribution in [3.63, 3.8) is 0 Å². The van der Waals surface area contributed by atoms with Gasteiger partial charge in [-0.1, -0.05) is 18.2 Å².